The van der Waals surface area contributed by atoms with E-state index in [1.165, 1.54) is 5.56 Å². The Bertz CT molecular complexity index is 595. The van der Waals surface area contributed by atoms with Crippen LogP contribution in [0.2, 0.25) is 0 Å². The zero-order valence-electron chi connectivity index (χ0n) is 11.4. The first-order chi connectivity index (χ1) is 9.84. The van der Waals surface area contributed by atoms with Crippen molar-refractivity contribution >= 4 is 17.3 Å². The first-order valence-electron chi connectivity index (χ1n) is 7.02. The Kier molecular flexibility index (Phi) is 3.68. The van der Waals surface area contributed by atoms with Crippen molar-refractivity contribution in [3.63, 3.8) is 0 Å². The van der Waals surface area contributed by atoms with E-state index in [0.29, 0.717) is 6.42 Å². The molecule has 1 amide bonds. The fourth-order valence-corrected chi connectivity index (χ4v) is 2.55. The van der Waals surface area contributed by atoms with Crippen LogP contribution < -0.4 is 10.2 Å². The highest BCUT2D eigenvalue weighted by atomic mass is 16.2. The molecule has 20 heavy (non-hydrogen) atoms. The molecule has 0 radical (unpaired) electrons. The molecule has 0 aliphatic carbocycles. The van der Waals surface area contributed by atoms with Crippen LogP contribution in [-0.4, -0.2) is 12.5 Å². The Morgan fingerprint density at radius 2 is 1.75 bits per heavy atom. The molecule has 1 aliphatic heterocycles. The fraction of sp³-hybridized carbons (Fsp3) is 0.235. The third-order valence-electron chi connectivity index (χ3n) is 3.59. The maximum Gasteiger partial charge on any atom is 0.227 e. The number of hydrogen-bond acceptors (Lipinski definition) is 2. The number of anilines is 2. The van der Waals surface area contributed by atoms with E-state index in [1.807, 2.05) is 47.4 Å². The molecule has 1 N–H and O–H groups in total. The molecule has 2 aromatic carbocycles. The lowest BCUT2D eigenvalue weighted by Gasteiger charge is -2.20. The van der Waals surface area contributed by atoms with Crippen LogP contribution in [0.5, 0.6) is 0 Å². The molecular weight excluding hydrogens is 248 g/mol. The molecule has 3 rings (SSSR count). The SMILES string of the molecule is O=C1CCCN1c1ccccc1NCc1ccccc1. The lowest BCUT2D eigenvalue weighted by Crippen LogP contribution is -2.24. The fourth-order valence-electron chi connectivity index (χ4n) is 2.55. The molecule has 0 saturated carbocycles. The predicted octanol–water partition coefficient (Wildman–Crippen LogP) is 3.43. The van der Waals surface area contributed by atoms with Crippen molar-refractivity contribution in [1.82, 2.24) is 0 Å². The highest BCUT2D eigenvalue weighted by molar-refractivity contribution is 5.98. The molecule has 3 nitrogen and oxygen atoms in total. The number of hydrogen-bond donors (Lipinski definition) is 1. The van der Waals surface area contributed by atoms with Crippen molar-refractivity contribution in [1.29, 1.82) is 0 Å². The topological polar surface area (TPSA) is 32.3 Å². The summed E-state index contributed by atoms with van der Waals surface area (Å²) in [6.07, 6.45) is 1.61. The summed E-state index contributed by atoms with van der Waals surface area (Å²) in [5, 5.41) is 3.43. The number of para-hydroxylation sites is 2. The molecule has 0 aromatic heterocycles. The molecule has 1 fully saturated rings. The van der Waals surface area contributed by atoms with Gasteiger partial charge in [-0.05, 0) is 24.1 Å². The van der Waals surface area contributed by atoms with Gasteiger partial charge in [0.25, 0.3) is 0 Å². The minimum absolute atomic E-state index is 0.221. The number of nitrogens with one attached hydrogen (secondary N) is 1. The summed E-state index contributed by atoms with van der Waals surface area (Å²) >= 11 is 0. The number of amides is 1. The van der Waals surface area contributed by atoms with E-state index in [0.717, 1.165) is 30.9 Å². The number of nitrogens with zero attached hydrogens (tertiary/aromatic N) is 1. The van der Waals surface area contributed by atoms with Crippen LogP contribution in [0, 0.1) is 0 Å². The average molecular weight is 266 g/mol. The van der Waals surface area contributed by atoms with Gasteiger partial charge in [-0.15, -0.1) is 0 Å². The first-order valence-corrected chi connectivity index (χ1v) is 7.02. The van der Waals surface area contributed by atoms with Crippen molar-refractivity contribution in [2.45, 2.75) is 19.4 Å². The third-order valence-corrected chi connectivity index (χ3v) is 3.59. The molecule has 1 heterocycles. The summed E-state index contributed by atoms with van der Waals surface area (Å²) in [5.41, 5.74) is 3.24. The van der Waals surface area contributed by atoms with Gasteiger partial charge in [0.2, 0.25) is 5.91 Å². The maximum atomic E-state index is 11.9. The number of carbonyl (C=O) groups is 1. The molecule has 0 unspecified atom stereocenters. The maximum absolute atomic E-state index is 11.9. The Labute approximate surface area is 119 Å². The lowest BCUT2D eigenvalue weighted by molar-refractivity contribution is -0.117. The molecule has 102 valence electrons. The Morgan fingerprint density at radius 3 is 2.50 bits per heavy atom. The Hall–Kier alpha value is -2.29. The summed E-state index contributed by atoms with van der Waals surface area (Å²) < 4.78 is 0. The molecule has 0 bridgehead atoms. The summed E-state index contributed by atoms with van der Waals surface area (Å²) in [6.45, 7) is 1.59. The Morgan fingerprint density at radius 1 is 1.00 bits per heavy atom. The molecule has 2 aromatic rings. The first kappa shape index (κ1) is 12.7. The van der Waals surface area contributed by atoms with E-state index in [4.69, 9.17) is 0 Å². The minimum Gasteiger partial charge on any atom is -0.379 e. The van der Waals surface area contributed by atoms with Crippen molar-refractivity contribution in [2.24, 2.45) is 0 Å². The zero-order valence-corrected chi connectivity index (χ0v) is 11.4. The number of carbonyl (C=O) groups excluding carboxylic acids is 1. The van der Waals surface area contributed by atoms with Gasteiger partial charge in [-0.2, -0.15) is 0 Å². The number of rotatable bonds is 4. The summed E-state index contributed by atoms with van der Waals surface area (Å²) in [6, 6.07) is 18.3. The van der Waals surface area contributed by atoms with Crippen LogP contribution in [0.1, 0.15) is 18.4 Å². The second-order valence-corrected chi connectivity index (χ2v) is 5.01. The summed E-state index contributed by atoms with van der Waals surface area (Å²) in [4.78, 5) is 13.8. The predicted molar refractivity (Wildman–Crippen MR) is 81.8 cm³/mol. The van der Waals surface area contributed by atoms with Crippen LogP contribution >= 0.6 is 0 Å². The van der Waals surface area contributed by atoms with Gasteiger partial charge in [0, 0.05) is 19.5 Å². The molecule has 0 atom stereocenters. The zero-order chi connectivity index (χ0) is 13.8. The van der Waals surface area contributed by atoms with Gasteiger partial charge in [-0.1, -0.05) is 42.5 Å². The van der Waals surface area contributed by atoms with Crippen molar-refractivity contribution in [3.05, 3.63) is 60.2 Å². The van der Waals surface area contributed by atoms with E-state index in [9.17, 15) is 4.79 Å². The van der Waals surface area contributed by atoms with Crippen LogP contribution in [0.15, 0.2) is 54.6 Å². The quantitative estimate of drug-likeness (QED) is 0.919. The number of benzene rings is 2. The van der Waals surface area contributed by atoms with Gasteiger partial charge in [0.05, 0.1) is 11.4 Å². The van der Waals surface area contributed by atoms with E-state index in [2.05, 4.69) is 17.4 Å². The highest BCUT2D eigenvalue weighted by Crippen LogP contribution is 2.29. The van der Waals surface area contributed by atoms with E-state index in [1.54, 1.807) is 0 Å². The van der Waals surface area contributed by atoms with Crippen LogP contribution in [0.25, 0.3) is 0 Å². The normalized spacial score (nSPS) is 14.6. The van der Waals surface area contributed by atoms with Gasteiger partial charge in [0.1, 0.15) is 0 Å². The average Bonchev–Trinajstić information content (AvgIpc) is 2.92. The summed E-state index contributed by atoms with van der Waals surface area (Å²) in [5.74, 6) is 0.221. The molecule has 1 saturated heterocycles. The van der Waals surface area contributed by atoms with Crippen LogP contribution in [0.3, 0.4) is 0 Å². The second-order valence-electron chi connectivity index (χ2n) is 5.01. The van der Waals surface area contributed by atoms with E-state index in [-0.39, 0.29) is 5.91 Å². The van der Waals surface area contributed by atoms with Gasteiger partial charge in [-0.3, -0.25) is 4.79 Å². The molecule has 0 spiro atoms. The highest BCUT2D eigenvalue weighted by Gasteiger charge is 2.23. The van der Waals surface area contributed by atoms with Gasteiger partial charge < -0.3 is 10.2 Å². The lowest BCUT2D eigenvalue weighted by atomic mass is 10.2. The second kappa shape index (κ2) is 5.78. The van der Waals surface area contributed by atoms with Crippen molar-refractivity contribution in [3.8, 4) is 0 Å². The molecular formula is C17H18N2O. The molecule has 3 heteroatoms. The smallest absolute Gasteiger partial charge is 0.227 e. The van der Waals surface area contributed by atoms with E-state index >= 15 is 0 Å². The van der Waals surface area contributed by atoms with Crippen molar-refractivity contribution in [2.75, 3.05) is 16.8 Å². The molecule has 1 aliphatic rings. The van der Waals surface area contributed by atoms with Gasteiger partial charge in [0.15, 0.2) is 0 Å². The monoisotopic (exact) mass is 266 g/mol. The largest absolute Gasteiger partial charge is 0.379 e. The summed E-state index contributed by atoms with van der Waals surface area (Å²) in [7, 11) is 0. The Balaban J connectivity index is 1.78. The standard InChI is InChI=1S/C17H18N2O/c20-17-11-6-12-19(17)16-10-5-4-9-15(16)18-13-14-7-2-1-3-8-14/h1-5,7-10,18H,6,11-13H2. The van der Waals surface area contributed by atoms with Gasteiger partial charge >= 0.3 is 0 Å². The minimum atomic E-state index is 0.221. The van der Waals surface area contributed by atoms with Crippen LogP contribution in [-0.2, 0) is 11.3 Å². The van der Waals surface area contributed by atoms with Crippen LogP contribution in [0.4, 0.5) is 11.4 Å². The van der Waals surface area contributed by atoms with E-state index < -0.39 is 0 Å². The van der Waals surface area contributed by atoms with Crippen molar-refractivity contribution < 1.29 is 4.79 Å². The van der Waals surface area contributed by atoms with Gasteiger partial charge in [-0.25, -0.2) is 0 Å². The third kappa shape index (κ3) is 2.67.